The lowest BCUT2D eigenvalue weighted by Crippen LogP contribution is -2.56. The van der Waals surface area contributed by atoms with Gasteiger partial charge in [-0.05, 0) is 42.7 Å². The van der Waals surface area contributed by atoms with E-state index in [-0.39, 0.29) is 5.91 Å². The van der Waals surface area contributed by atoms with Crippen LogP contribution >= 0.6 is 15.9 Å². The summed E-state index contributed by atoms with van der Waals surface area (Å²) in [5.41, 5.74) is 0.514. The number of anilines is 1. The number of hydrogen-bond donors (Lipinski definition) is 2. The van der Waals surface area contributed by atoms with Gasteiger partial charge in [0.15, 0.2) is 0 Å². The number of nitrogens with zero attached hydrogens (tertiary/aromatic N) is 1. The van der Waals surface area contributed by atoms with Gasteiger partial charge >= 0.3 is 6.09 Å². The van der Waals surface area contributed by atoms with E-state index in [1.165, 1.54) is 4.90 Å². The number of carbonyl (C=O) groups excluding carboxylic acids is 1. The van der Waals surface area contributed by atoms with Crippen LogP contribution in [0, 0.1) is 0 Å². The van der Waals surface area contributed by atoms with Gasteiger partial charge in [-0.2, -0.15) is 0 Å². The van der Waals surface area contributed by atoms with Gasteiger partial charge in [0.1, 0.15) is 5.54 Å². The summed E-state index contributed by atoms with van der Waals surface area (Å²) in [5, 5.41) is 12.5. The molecule has 0 radical (unpaired) electrons. The molecule has 1 saturated heterocycles. The Morgan fingerprint density at radius 3 is 2.44 bits per heavy atom. The third kappa shape index (κ3) is 3.69. The molecule has 0 aromatic heterocycles. The standard InChI is InChI=1S/C19H19BrN2O3/c20-15-7-9-16(10-8-15)21-17(23)19(11-4-12-22(19)18(24)25)13-14-5-2-1-3-6-14/h1-3,5-10H,4,11-13H2,(H,21,23)(H,24,25)/t19-/m0/s1. The molecule has 1 atom stereocenters. The number of halogens is 1. The van der Waals surface area contributed by atoms with E-state index in [1.54, 1.807) is 12.1 Å². The van der Waals surface area contributed by atoms with Crippen molar-refractivity contribution in [2.24, 2.45) is 0 Å². The maximum Gasteiger partial charge on any atom is 0.408 e. The van der Waals surface area contributed by atoms with E-state index in [2.05, 4.69) is 21.2 Å². The summed E-state index contributed by atoms with van der Waals surface area (Å²) >= 11 is 3.36. The van der Waals surface area contributed by atoms with E-state index in [0.29, 0.717) is 31.5 Å². The molecule has 5 nitrogen and oxygen atoms in total. The molecular weight excluding hydrogens is 384 g/mol. The van der Waals surface area contributed by atoms with Crippen molar-refractivity contribution in [2.75, 3.05) is 11.9 Å². The molecule has 3 rings (SSSR count). The molecule has 0 aliphatic carbocycles. The first-order valence-electron chi connectivity index (χ1n) is 8.13. The van der Waals surface area contributed by atoms with E-state index in [9.17, 15) is 14.7 Å². The molecule has 1 fully saturated rings. The van der Waals surface area contributed by atoms with Crippen molar-refractivity contribution in [3.05, 3.63) is 64.6 Å². The highest BCUT2D eigenvalue weighted by molar-refractivity contribution is 9.10. The molecule has 2 aromatic carbocycles. The highest BCUT2D eigenvalue weighted by Gasteiger charge is 2.49. The lowest BCUT2D eigenvalue weighted by molar-refractivity contribution is -0.125. The Morgan fingerprint density at radius 2 is 1.80 bits per heavy atom. The molecule has 0 spiro atoms. The first kappa shape index (κ1) is 17.5. The predicted octanol–water partition coefficient (Wildman–Crippen LogP) is 4.14. The minimum Gasteiger partial charge on any atom is -0.465 e. The highest BCUT2D eigenvalue weighted by atomic mass is 79.9. The number of likely N-dealkylation sites (tertiary alicyclic amines) is 1. The van der Waals surface area contributed by atoms with Crippen molar-refractivity contribution in [1.29, 1.82) is 0 Å². The average molecular weight is 403 g/mol. The zero-order valence-corrected chi connectivity index (χ0v) is 15.2. The van der Waals surface area contributed by atoms with Crippen molar-refractivity contribution < 1.29 is 14.7 Å². The number of carbonyl (C=O) groups is 2. The highest BCUT2D eigenvalue weighted by Crippen LogP contribution is 2.34. The smallest absolute Gasteiger partial charge is 0.408 e. The molecule has 0 saturated carbocycles. The first-order valence-corrected chi connectivity index (χ1v) is 8.92. The van der Waals surface area contributed by atoms with Crippen molar-refractivity contribution >= 4 is 33.6 Å². The number of hydrogen-bond acceptors (Lipinski definition) is 2. The van der Waals surface area contributed by atoms with Crippen LogP contribution in [0.5, 0.6) is 0 Å². The van der Waals surface area contributed by atoms with Gasteiger partial charge in [0.25, 0.3) is 5.91 Å². The molecule has 2 aromatic rings. The van der Waals surface area contributed by atoms with Crippen molar-refractivity contribution in [1.82, 2.24) is 4.90 Å². The minimum atomic E-state index is -1.08. The Kier molecular flexibility index (Phi) is 5.08. The van der Waals surface area contributed by atoms with Crippen molar-refractivity contribution in [3.8, 4) is 0 Å². The second-order valence-corrected chi connectivity index (χ2v) is 7.11. The van der Waals surface area contributed by atoms with Crippen LogP contribution in [-0.2, 0) is 11.2 Å². The molecule has 6 heteroatoms. The summed E-state index contributed by atoms with van der Waals surface area (Å²) < 4.78 is 0.914. The van der Waals surface area contributed by atoms with E-state index in [1.807, 2.05) is 42.5 Å². The lowest BCUT2D eigenvalue weighted by Gasteiger charge is -2.35. The second-order valence-electron chi connectivity index (χ2n) is 6.19. The third-order valence-electron chi connectivity index (χ3n) is 4.58. The van der Waals surface area contributed by atoms with Crippen LogP contribution in [0.25, 0.3) is 0 Å². The molecule has 1 heterocycles. The molecule has 130 valence electrons. The number of carboxylic acid groups (broad SMARTS) is 1. The maximum atomic E-state index is 13.1. The second kappa shape index (κ2) is 7.27. The van der Waals surface area contributed by atoms with Gasteiger partial charge in [0.2, 0.25) is 0 Å². The minimum absolute atomic E-state index is 0.279. The van der Waals surface area contributed by atoms with Crippen LogP contribution in [0.2, 0.25) is 0 Å². The molecular formula is C19H19BrN2O3. The van der Waals surface area contributed by atoms with Gasteiger partial charge in [0.05, 0.1) is 0 Å². The predicted molar refractivity (Wildman–Crippen MR) is 99.6 cm³/mol. The topological polar surface area (TPSA) is 69.6 Å². The zero-order chi connectivity index (χ0) is 17.9. The van der Waals surface area contributed by atoms with Gasteiger partial charge < -0.3 is 10.4 Å². The monoisotopic (exact) mass is 402 g/mol. The number of nitrogens with one attached hydrogen (secondary N) is 1. The number of benzene rings is 2. The Bertz CT molecular complexity index is 764. The fourth-order valence-electron chi connectivity index (χ4n) is 3.37. The Hall–Kier alpha value is -2.34. The summed E-state index contributed by atoms with van der Waals surface area (Å²) in [6.45, 7) is 0.371. The summed E-state index contributed by atoms with van der Waals surface area (Å²) in [7, 11) is 0. The van der Waals surface area contributed by atoms with Gasteiger partial charge in [-0.3, -0.25) is 9.69 Å². The molecule has 1 aliphatic rings. The molecule has 0 unspecified atom stereocenters. The largest absolute Gasteiger partial charge is 0.465 e. The molecule has 25 heavy (non-hydrogen) atoms. The van der Waals surface area contributed by atoms with E-state index in [4.69, 9.17) is 0 Å². The van der Waals surface area contributed by atoms with Gasteiger partial charge in [0, 0.05) is 23.1 Å². The van der Waals surface area contributed by atoms with Crippen molar-refractivity contribution in [2.45, 2.75) is 24.8 Å². The summed E-state index contributed by atoms with van der Waals surface area (Å²) in [4.78, 5) is 26.1. The zero-order valence-electron chi connectivity index (χ0n) is 13.6. The van der Waals surface area contributed by atoms with Crippen molar-refractivity contribution in [3.63, 3.8) is 0 Å². The van der Waals surface area contributed by atoms with E-state index < -0.39 is 11.6 Å². The molecule has 2 N–H and O–H groups in total. The lowest BCUT2D eigenvalue weighted by atomic mass is 9.87. The summed E-state index contributed by atoms with van der Waals surface area (Å²) in [5.74, 6) is -0.279. The first-order chi connectivity index (χ1) is 12.0. The van der Waals surface area contributed by atoms with Gasteiger partial charge in [-0.15, -0.1) is 0 Å². The van der Waals surface area contributed by atoms with Crippen LogP contribution in [0.4, 0.5) is 10.5 Å². The Balaban J connectivity index is 1.91. The van der Waals surface area contributed by atoms with E-state index in [0.717, 1.165) is 10.0 Å². The molecule has 0 bridgehead atoms. The van der Waals surface area contributed by atoms with Crippen LogP contribution in [0.1, 0.15) is 18.4 Å². The quantitative estimate of drug-likeness (QED) is 0.806. The Morgan fingerprint density at radius 1 is 1.12 bits per heavy atom. The normalized spacial score (nSPS) is 19.6. The number of amides is 2. The number of rotatable bonds is 4. The fourth-order valence-corrected chi connectivity index (χ4v) is 3.64. The van der Waals surface area contributed by atoms with Crippen LogP contribution in [0.3, 0.4) is 0 Å². The fraction of sp³-hybridized carbons (Fsp3) is 0.263. The molecule has 2 amide bonds. The van der Waals surface area contributed by atoms with E-state index >= 15 is 0 Å². The van der Waals surface area contributed by atoms with Crippen LogP contribution in [-0.4, -0.2) is 34.1 Å². The maximum absolute atomic E-state index is 13.1. The van der Waals surface area contributed by atoms with Crippen LogP contribution < -0.4 is 5.32 Å². The van der Waals surface area contributed by atoms with Crippen LogP contribution in [0.15, 0.2) is 59.1 Å². The average Bonchev–Trinajstić information content (AvgIpc) is 3.03. The summed E-state index contributed by atoms with van der Waals surface area (Å²) in [6, 6.07) is 16.8. The van der Waals surface area contributed by atoms with Gasteiger partial charge in [-0.1, -0.05) is 46.3 Å². The summed E-state index contributed by atoms with van der Waals surface area (Å²) in [6.07, 6.45) is 0.491. The van der Waals surface area contributed by atoms with Gasteiger partial charge in [-0.25, -0.2) is 4.79 Å². The SMILES string of the molecule is O=C(O)N1CCC[C@]1(Cc1ccccc1)C(=O)Nc1ccc(Br)cc1. The Labute approximate surface area is 154 Å². The molecule has 1 aliphatic heterocycles. The third-order valence-corrected chi connectivity index (χ3v) is 5.11.